The highest BCUT2D eigenvalue weighted by Gasteiger charge is 2.32. The summed E-state index contributed by atoms with van der Waals surface area (Å²) in [4.78, 5) is 0. The van der Waals surface area contributed by atoms with E-state index >= 15 is 0 Å². The molecule has 3 aromatic carbocycles. The molecule has 0 amide bonds. The maximum absolute atomic E-state index is 9.74. The minimum atomic E-state index is -0.273. The van der Waals surface area contributed by atoms with Gasteiger partial charge in [-0.3, -0.25) is 0 Å². The molecule has 0 fully saturated rings. The molecular weight excluding hydrogens is 324 g/mol. The Morgan fingerprint density at radius 1 is 1.08 bits per heavy atom. The second kappa shape index (κ2) is 6.45. The number of nitrogens with two attached hydrogens (primary N) is 1. The second-order valence-electron chi connectivity index (χ2n) is 6.13. The molecule has 4 rings (SSSR count). The molecule has 3 aromatic rings. The van der Waals surface area contributed by atoms with Crippen LogP contribution in [0, 0.1) is 11.3 Å². The van der Waals surface area contributed by atoms with Gasteiger partial charge in [-0.05, 0) is 41.5 Å². The van der Waals surface area contributed by atoms with E-state index in [0.717, 1.165) is 27.6 Å². The lowest BCUT2D eigenvalue weighted by atomic mass is 9.81. The normalized spacial score (nSPS) is 15.9. The van der Waals surface area contributed by atoms with Crippen LogP contribution in [0.15, 0.2) is 72.1 Å². The van der Waals surface area contributed by atoms with E-state index in [2.05, 4.69) is 18.2 Å². The second-order valence-corrected chi connectivity index (χ2v) is 6.13. The average molecular weight is 342 g/mol. The number of hydrogen-bond acceptors (Lipinski definition) is 4. The summed E-state index contributed by atoms with van der Waals surface area (Å²) in [5.41, 5.74) is 8.44. The lowest BCUT2D eigenvalue weighted by Gasteiger charge is -2.28. The monoisotopic (exact) mass is 342 g/mol. The van der Waals surface area contributed by atoms with Crippen LogP contribution >= 0.6 is 0 Å². The number of fused-ring (bicyclic) bond motifs is 3. The van der Waals surface area contributed by atoms with E-state index in [-0.39, 0.29) is 11.8 Å². The van der Waals surface area contributed by atoms with Crippen LogP contribution in [0.5, 0.6) is 11.5 Å². The smallest absolute Gasteiger partial charge is 0.205 e. The lowest BCUT2D eigenvalue weighted by Crippen LogP contribution is -2.21. The molecule has 1 heterocycles. The first kappa shape index (κ1) is 16.0. The first-order chi connectivity index (χ1) is 12.7. The fraction of sp³-hybridized carbons (Fsp3) is 0.136. The molecule has 0 unspecified atom stereocenters. The summed E-state index contributed by atoms with van der Waals surface area (Å²) in [6.45, 7) is 2.56. The van der Waals surface area contributed by atoms with Crippen molar-refractivity contribution in [2.75, 3.05) is 6.61 Å². The zero-order valence-corrected chi connectivity index (χ0v) is 14.4. The van der Waals surface area contributed by atoms with Gasteiger partial charge in [0, 0.05) is 5.56 Å². The quantitative estimate of drug-likeness (QED) is 0.763. The summed E-state index contributed by atoms with van der Waals surface area (Å²) in [6, 6.07) is 22.1. The lowest BCUT2D eigenvalue weighted by molar-refractivity contribution is 0.340. The van der Waals surface area contributed by atoms with E-state index in [1.165, 1.54) is 0 Å². The van der Waals surface area contributed by atoms with E-state index in [1.54, 1.807) is 0 Å². The van der Waals surface area contributed by atoms with Gasteiger partial charge in [0.05, 0.1) is 12.5 Å². The molecule has 2 N–H and O–H groups in total. The van der Waals surface area contributed by atoms with E-state index in [1.807, 2.05) is 55.5 Å². The van der Waals surface area contributed by atoms with Crippen LogP contribution in [-0.4, -0.2) is 6.61 Å². The molecule has 0 saturated heterocycles. The molecule has 128 valence electrons. The highest BCUT2D eigenvalue weighted by Crippen LogP contribution is 2.45. The maximum Gasteiger partial charge on any atom is 0.205 e. The summed E-state index contributed by atoms with van der Waals surface area (Å²) in [7, 11) is 0. The first-order valence-electron chi connectivity index (χ1n) is 8.55. The van der Waals surface area contributed by atoms with Gasteiger partial charge in [-0.1, -0.05) is 42.5 Å². The first-order valence-corrected chi connectivity index (χ1v) is 8.55. The van der Waals surface area contributed by atoms with E-state index in [4.69, 9.17) is 15.2 Å². The van der Waals surface area contributed by atoms with Crippen LogP contribution in [0.1, 0.15) is 24.0 Å². The van der Waals surface area contributed by atoms with Crippen LogP contribution in [0.4, 0.5) is 0 Å². The molecule has 0 saturated carbocycles. The van der Waals surface area contributed by atoms with Gasteiger partial charge in [0.15, 0.2) is 0 Å². The van der Waals surface area contributed by atoms with E-state index in [9.17, 15) is 5.26 Å². The van der Waals surface area contributed by atoms with Crippen LogP contribution in [0.3, 0.4) is 0 Å². The minimum Gasteiger partial charge on any atom is -0.494 e. The van der Waals surface area contributed by atoms with Gasteiger partial charge in [-0.25, -0.2) is 0 Å². The third kappa shape index (κ3) is 2.55. The number of rotatable bonds is 3. The molecule has 1 aliphatic rings. The van der Waals surface area contributed by atoms with Crippen LogP contribution in [0.2, 0.25) is 0 Å². The standard InChI is InChI=1S/C22H18N2O2/c1-2-25-16-10-7-15(8-11-16)20-18(13-23)22(24)26-19-12-9-14-5-3-4-6-17(14)21(19)20/h3-12,20H,2,24H2,1H3/t20-/m1/s1. The van der Waals surface area contributed by atoms with Gasteiger partial charge in [0.25, 0.3) is 0 Å². The molecular formula is C22H18N2O2. The van der Waals surface area contributed by atoms with Crippen LogP contribution < -0.4 is 15.2 Å². The average Bonchev–Trinajstić information content (AvgIpc) is 2.67. The fourth-order valence-electron chi connectivity index (χ4n) is 3.50. The Kier molecular flexibility index (Phi) is 3.98. The number of benzene rings is 3. The Balaban J connectivity index is 1.95. The summed E-state index contributed by atoms with van der Waals surface area (Å²) < 4.78 is 11.3. The van der Waals surface area contributed by atoms with Gasteiger partial charge < -0.3 is 15.2 Å². The third-order valence-electron chi connectivity index (χ3n) is 4.64. The number of allylic oxidation sites excluding steroid dienone is 1. The van der Waals surface area contributed by atoms with Crippen molar-refractivity contribution < 1.29 is 9.47 Å². The summed E-state index contributed by atoms with van der Waals surface area (Å²) in [5.74, 6) is 1.38. The van der Waals surface area contributed by atoms with Crippen molar-refractivity contribution in [2.45, 2.75) is 12.8 Å². The third-order valence-corrected chi connectivity index (χ3v) is 4.64. The fourth-order valence-corrected chi connectivity index (χ4v) is 3.50. The molecule has 4 nitrogen and oxygen atoms in total. The van der Waals surface area contributed by atoms with Gasteiger partial charge in [-0.15, -0.1) is 0 Å². The predicted molar refractivity (Wildman–Crippen MR) is 101 cm³/mol. The number of hydrogen-bond donors (Lipinski definition) is 1. The highest BCUT2D eigenvalue weighted by atomic mass is 16.5. The molecule has 0 spiro atoms. The molecule has 4 heteroatoms. The molecule has 1 atom stereocenters. The van der Waals surface area contributed by atoms with Crippen molar-refractivity contribution >= 4 is 10.8 Å². The van der Waals surface area contributed by atoms with Crippen molar-refractivity contribution in [3.05, 3.63) is 83.2 Å². The van der Waals surface area contributed by atoms with Gasteiger partial charge in [0.2, 0.25) is 5.88 Å². The molecule has 0 bridgehead atoms. The van der Waals surface area contributed by atoms with E-state index in [0.29, 0.717) is 17.9 Å². The Morgan fingerprint density at radius 2 is 1.85 bits per heavy atom. The van der Waals surface area contributed by atoms with Crippen molar-refractivity contribution in [1.29, 1.82) is 5.26 Å². The molecule has 26 heavy (non-hydrogen) atoms. The Bertz CT molecular complexity index is 1050. The minimum absolute atomic E-state index is 0.161. The Labute approximate surface area is 152 Å². The number of nitrogens with zero attached hydrogens (tertiary/aromatic N) is 1. The zero-order valence-electron chi connectivity index (χ0n) is 14.4. The van der Waals surface area contributed by atoms with Crippen molar-refractivity contribution in [3.8, 4) is 17.6 Å². The van der Waals surface area contributed by atoms with Crippen LogP contribution in [-0.2, 0) is 0 Å². The number of ether oxygens (including phenoxy) is 2. The largest absolute Gasteiger partial charge is 0.494 e. The molecule has 0 radical (unpaired) electrons. The van der Waals surface area contributed by atoms with Crippen molar-refractivity contribution in [3.63, 3.8) is 0 Å². The van der Waals surface area contributed by atoms with Crippen molar-refractivity contribution in [2.24, 2.45) is 5.73 Å². The molecule has 0 aromatic heterocycles. The molecule has 0 aliphatic carbocycles. The Morgan fingerprint density at radius 3 is 2.58 bits per heavy atom. The van der Waals surface area contributed by atoms with Gasteiger partial charge in [-0.2, -0.15) is 5.26 Å². The maximum atomic E-state index is 9.74. The van der Waals surface area contributed by atoms with E-state index < -0.39 is 0 Å². The topological polar surface area (TPSA) is 68.3 Å². The highest BCUT2D eigenvalue weighted by molar-refractivity contribution is 5.90. The summed E-state index contributed by atoms with van der Waals surface area (Å²) in [6.07, 6.45) is 0. The molecule has 1 aliphatic heterocycles. The predicted octanol–water partition coefficient (Wildman–Crippen LogP) is 4.46. The van der Waals surface area contributed by atoms with Crippen molar-refractivity contribution in [1.82, 2.24) is 0 Å². The van der Waals surface area contributed by atoms with Crippen LogP contribution in [0.25, 0.3) is 10.8 Å². The van der Waals surface area contributed by atoms with Gasteiger partial charge >= 0.3 is 0 Å². The van der Waals surface area contributed by atoms with Gasteiger partial charge in [0.1, 0.15) is 23.1 Å². The zero-order chi connectivity index (χ0) is 18.1. The SMILES string of the molecule is CCOc1ccc([C@@H]2C(C#N)=C(N)Oc3ccc4ccccc4c32)cc1. The Hall–Kier alpha value is -3.45. The summed E-state index contributed by atoms with van der Waals surface area (Å²) >= 11 is 0. The summed E-state index contributed by atoms with van der Waals surface area (Å²) in [5, 5.41) is 11.9. The number of nitriles is 1.